The van der Waals surface area contributed by atoms with Crippen LogP contribution in [0.5, 0.6) is 0 Å². The number of pyridine rings is 2. The summed E-state index contributed by atoms with van der Waals surface area (Å²) in [4.78, 5) is 11.9. The average Bonchev–Trinajstić information content (AvgIpc) is 3.79. The van der Waals surface area contributed by atoms with E-state index in [0.29, 0.717) is 0 Å². The minimum atomic E-state index is 0.979. The Morgan fingerprint density at radius 3 is 1.51 bits per heavy atom. The number of aromatic nitrogens is 3. The lowest BCUT2D eigenvalue weighted by atomic mass is 9.84. The third-order valence-corrected chi connectivity index (χ3v) is 14.4. The molecule has 3 heterocycles. The van der Waals surface area contributed by atoms with E-state index in [1.165, 1.54) is 49.0 Å². The molecule has 0 N–H and O–H groups in total. The summed E-state index contributed by atoms with van der Waals surface area (Å²) >= 11 is 0. The summed E-state index contributed by atoms with van der Waals surface area (Å²) in [6.45, 7) is 0. The van der Waals surface area contributed by atoms with Crippen molar-refractivity contribution < 1.29 is 0 Å². The highest BCUT2D eigenvalue weighted by atomic mass is 15.1. The number of hydrogen-bond acceptors (Lipinski definition) is 3. The minimum Gasteiger partial charge on any atom is -0.310 e. The molecule has 11 aromatic carbocycles. The van der Waals surface area contributed by atoms with Crippen molar-refractivity contribution in [2.24, 2.45) is 0 Å². The molecular formula is C68H44N4. The summed E-state index contributed by atoms with van der Waals surface area (Å²) in [5, 5.41) is 9.36. The van der Waals surface area contributed by atoms with E-state index < -0.39 is 0 Å². The largest absolute Gasteiger partial charge is 0.310 e. The van der Waals surface area contributed by atoms with Crippen molar-refractivity contribution in [3.63, 3.8) is 0 Å². The van der Waals surface area contributed by atoms with Gasteiger partial charge in [-0.15, -0.1) is 0 Å². The molecule has 0 amide bonds. The van der Waals surface area contributed by atoms with E-state index in [0.717, 1.165) is 83.5 Å². The van der Waals surface area contributed by atoms with Gasteiger partial charge in [0.15, 0.2) is 0 Å². The lowest BCUT2D eigenvalue weighted by Gasteiger charge is -2.29. The molecule has 0 aliphatic heterocycles. The number of anilines is 3. The molecule has 0 unspecified atom stereocenters. The number of benzene rings is 11. The second-order valence-electron chi connectivity index (χ2n) is 18.5. The van der Waals surface area contributed by atoms with Gasteiger partial charge in [-0.2, -0.15) is 0 Å². The second-order valence-corrected chi connectivity index (χ2v) is 18.5. The summed E-state index contributed by atoms with van der Waals surface area (Å²) < 4.78 is 2.39. The van der Waals surface area contributed by atoms with E-state index in [2.05, 4.69) is 252 Å². The zero-order valence-electron chi connectivity index (χ0n) is 39.2. The van der Waals surface area contributed by atoms with Gasteiger partial charge in [0.1, 0.15) is 0 Å². The zero-order chi connectivity index (χ0) is 47.5. The highest BCUT2D eigenvalue weighted by Crippen LogP contribution is 2.51. The Kier molecular flexibility index (Phi) is 9.82. The Morgan fingerprint density at radius 2 is 0.833 bits per heavy atom. The molecule has 0 fully saturated rings. The summed E-state index contributed by atoms with van der Waals surface area (Å²) in [6, 6.07) is 92.7. The number of nitrogens with zero attached hydrogens (tertiary/aromatic N) is 4. The van der Waals surface area contributed by atoms with E-state index >= 15 is 0 Å². The molecule has 336 valence electrons. The molecule has 0 bridgehead atoms. The van der Waals surface area contributed by atoms with Gasteiger partial charge in [-0.25, -0.2) is 0 Å². The van der Waals surface area contributed by atoms with Gasteiger partial charge in [-0.1, -0.05) is 164 Å². The van der Waals surface area contributed by atoms with Crippen LogP contribution in [0.1, 0.15) is 0 Å². The number of hydrogen-bond donors (Lipinski definition) is 0. The third-order valence-electron chi connectivity index (χ3n) is 14.4. The first kappa shape index (κ1) is 41.3. The van der Waals surface area contributed by atoms with Crippen LogP contribution in [-0.2, 0) is 0 Å². The first-order chi connectivity index (χ1) is 35.7. The SMILES string of the molecule is c1ccc(N(c2ccc3c(c2)c2ccccc2n3-c2ccccc2)c2cccc3c(-c4cccc(-c5ccc6cccnc6c5)c4)c4ccccc4c(-c4cccc(-c5ccc6cccnc6c5)c4)c23)cc1. The number of para-hydroxylation sites is 3. The van der Waals surface area contributed by atoms with Crippen molar-refractivity contribution >= 4 is 82.2 Å². The van der Waals surface area contributed by atoms with Gasteiger partial charge >= 0.3 is 0 Å². The third kappa shape index (κ3) is 6.92. The average molecular weight is 917 g/mol. The summed E-state index contributed by atoms with van der Waals surface area (Å²) in [5.41, 5.74) is 17.9. The monoisotopic (exact) mass is 916 g/mol. The highest BCUT2D eigenvalue weighted by Gasteiger charge is 2.25. The van der Waals surface area contributed by atoms with Gasteiger partial charge in [0, 0.05) is 56.4 Å². The molecule has 14 aromatic rings. The lowest BCUT2D eigenvalue weighted by Crippen LogP contribution is -2.11. The Balaban J connectivity index is 1.06. The molecule has 0 saturated heterocycles. The topological polar surface area (TPSA) is 34.0 Å². The van der Waals surface area contributed by atoms with Crippen molar-refractivity contribution in [2.75, 3.05) is 4.90 Å². The fourth-order valence-electron chi connectivity index (χ4n) is 11.2. The van der Waals surface area contributed by atoms with Crippen molar-refractivity contribution in [2.45, 2.75) is 0 Å². The maximum absolute atomic E-state index is 4.74. The van der Waals surface area contributed by atoms with E-state index in [9.17, 15) is 0 Å². The molecular weight excluding hydrogens is 873 g/mol. The Morgan fingerprint density at radius 1 is 0.306 bits per heavy atom. The normalized spacial score (nSPS) is 11.6. The van der Waals surface area contributed by atoms with Gasteiger partial charge in [0.2, 0.25) is 0 Å². The van der Waals surface area contributed by atoms with Crippen LogP contribution in [0.3, 0.4) is 0 Å². The molecule has 0 saturated carbocycles. The van der Waals surface area contributed by atoms with Gasteiger partial charge in [0.05, 0.1) is 27.8 Å². The Labute approximate surface area is 417 Å². The zero-order valence-corrected chi connectivity index (χ0v) is 39.2. The Bertz CT molecular complexity index is 4400. The van der Waals surface area contributed by atoms with Gasteiger partial charge in [-0.3, -0.25) is 9.97 Å². The van der Waals surface area contributed by atoms with Crippen molar-refractivity contribution in [3.8, 4) is 50.2 Å². The molecule has 0 atom stereocenters. The van der Waals surface area contributed by atoms with Gasteiger partial charge in [0.25, 0.3) is 0 Å². The van der Waals surface area contributed by atoms with E-state index in [1.807, 2.05) is 24.5 Å². The fraction of sp³-hybridized carbons (Fsp3) is 0. The van der Waals surface area contributed by atoms with Crippen LogP contribution in [0, 0.1) is 0 Å². The fourth-order valence-corrected chi connectivity index (χ4v) is 11.2. The highest BCUT2D eigenvalue weighted by molar-refractivity contribution is 6.25. The predicted molar refractivity (Wildman–Crippen MR) is 303 cm³/mol. The van der Waals surface area contributed by atoms with Crippen molar-refractivity contribution in [1.82, 2.24) is 14.5 Å². The molecule has 72 heavy (non-hydrogen) atoms. The van der Waals surface area contributed by atoms with Crippen LogP contribution < -0.4 is 4.90 Å². The smallest absolute Gasteiger partial charge is 0.0708 e. The maximum Gasteiger partial charge on any atom is 0.0708 e. The molecule has 0 radical (unpaired) electrons. The van der Waals surface area contributed by atoms with E-state index in [4.69, 9.17) is 9.97 Å². The van der Waals surface area contributed by atoms with Gasteiger partial charge < -0.3 is 9.47 Å². The summed E-state index contributed by atoms with van der Waals surface area (Å²) in [7, 11) is 0. The molecule has 0 aliphatic rings. The molecule has 0 spiro atoms. The standard InChI is InChI=1S/C68H44N4/c1-3-22-53(23-4-1)71(55-36-37-64-60(44-55)56-26-9-10-30-63(56)72(64)54-24-5-2-6-25-54)65-31-13-29-59-66(51-18-11-16-47(40-51)49-34-32-45-20-14-38-69-61(45)42-49)57-27-7-8-28-58(57)67(68(59)65)52-19-12-17-48(41-52)50-35-33-46-21-15-39-70-62(46)43-50/h1-44H. The van der Waals surface area contributed by atoms with Gasteiger partial charge in [-0.05, 0) is 152 Å². The van der Waals surface area contributed by atoms with Crippen LogP contribution in [0.25, 0.3) is 115 Å². The first-order valence-electron chi connectivity index (χ1n) is 24.5. The lowest BCUT2D eigenvalue weighted by molar-refractivity contribution is 1.18. The first-order valence-corrected chi connectivity index (χ1v) is 24.5. The van der Waals surface area contributed by atoms with Crippen LogP contribution in [-0.4, -0.2) is 14.5 Å². The predicted octanol–water partition coefficient (Wildman–Crippen LogP) is 18.3. The second kappa shape index (κ2) is 17.1. The van der Waals surface area contributed by atoms with Crippen LogP contribution in [0.2, 0.25) is 0 Å². The number of rotatable bonds is 8. The maximum atomic E-state index is 4.74. The van der Waals surface area contributed by atoms with Crippen molar-refractivity contribution in [1.29, 1.82) is 0 Å². The molecule has 4 heteroatoms. The minimum absolute atomic E-state index is 0.979. The van der Waals surface area contributed by atoms with Crippen LogP contribution in [0.4, 0.5) is 17.1 Å². The van der Waals surface area contributed by atoms with Crippen molar-refractivity contribution in [3.05, 3.63) is 267 Å². The van der Waals surface area contributed by atoms with Crippen LogP contribution in [0.15, 0.2) is 267 Å². The summed E-state index contributed by atoms with van der Waals surface area (Å²) in [6.07, 6.45) is 3.74. The van der Waals surface area contributed by atoms with E-state index in [1.54, 1.807) is 0 Å². The summed E-state index contributed by atoms with van der Waals surface area (Å²) in [5.74, 6) is 0. The molecule has 3 aromatic heterocycles. The molecule has 14 rings (SSSR count). The Hall–Kier alpha value is -9.64. The number of fused-ring (bicyclic) bond motifs is 7. The quantitative estimate of drug-likeness (QED) is 0.142. The van der Waals surface area contributed by atoms with E-state index in [-0.39, 0.29) is 0 Å². The molecule has 0 aliphatic carbocycles. The molecule has 4 nitrogen and oxygen atoms in total. The van der Waals surface area contributed by atoms with Crippen LogP contribution >= 0.6 is 0 Å².